The Kier molecular flexibility index (Phi) is 7.00. The van der Waals surface area contributed by atoms with Crippen LogP contribution in [0.15, 0.2) is 22.7 Å². The van der Waals surface area contributed by atoms with Gasteiger partial charge in [0.25, 0.3) is 0 Å². The van der Waals surface area contributed by atoms with Gasteiger partial charge in [0.15, 0.2) is 0 Å². The summed E-state index contributed by atoms with van der Waals surface area (Å²) in [5, 5.41) is 3.47. The molecule has 0 amide bonds. The molecule has 21 heavy (non-hydrogen) atoms. The van der Waals surface area contributed by atoms with E-state index in [1.807, 2.05) is 0 Å². The highest BCUT2D eigenvalue weighted by atomic mass is 79.9. The number of piperidine rings is 1. The largest absolute Gasteiger partial charge is 0.383 e. The van der Waals surface area contributed by atoms with E-state index in [0.717, 1.165) is 19.7 Å². The Morgan fingerprint density at radius 3 is 3.00 bits per heavy atom. The summed E-state index contributed by atoms with van der Waals surface area (Å²) in [6.07, 6.45) is 5.21. The topological polar surface area (TPSA) is 24.5 Å². The Morgan fingerprint density at radius 1 is 1.38 bits per heavy atom. The molecule has 1 aromatic rings. The summed E-state index contributed by atoms with van der Waals surface area (Å²) in [5.41, 5.74) is 2.77. The van der Waals surface area contributed by atoms with Crippen LogP contribution in [0.25, 0.3) is 0 Å². The van der Waals surface area contributed by atoms with Crippen molar-refractivity contribution in [2.75, 3.05) is 31.7 Å². The van der Waals surface area contributed by atoms with Crippen LogP contribution in [0.5, 0.6) is 0 Å². The van der Waals surface area contributed by atoms with Crippen molar-refractivity contribution in [1.29, 1.82) is 0 Å². The third kappa shape index (κ3) is 4.70. The van der Waals surface area contributed by atoms with Crippen LogP contribution in [0.1, 0.15) is 38.2 Å². The van der Waals surface area contributed by atoms with E-state index < -0.39 is 0 Å². The fourth-order valence-corrected chi connectivity index (χ4v) is 3.44. The molecule has 0 radical (unpaired) electrons. The molecule has 1 heterocycles. The molecule has 118 valence electrons. The van der Waals surface area contributed by atoms with Crippen molar-refractivity contribution in [3.05, 3.63) is 28.2 Å². The van der Waals surface area contributed by atoms with E-state index in [1.54, 1.807) is 7.11 Å². The summed E-state index contributed by atoms with van der Waals surface area (Å²) >= 11 is 3.63. The van der Waals surface area contributed by atoms with Crippen LogP contribution in [-0.2, 0) is 11.3 Å². The molecule has 1 unspecified atom stereocenters. The smallest absolute Gasteiger partial charge is 0.0587 e. The SMILES string of the molecule is CCC1CCCCN1c1cc(Br)ccc1CNCCOC. The third-order valence-corrected chi connectivity index (χ3v) is 4.75. The highest BCUT2D eigenvalue weighted by molar-refractivity contribution is 9.10. The number of benzene rings is 1. The maximum atomic E-state index is 5.10. The van der Waals surface area contributed by atoms with Crippen molar-refractivity contribution in [2.45, 2.75) is 45.2 Å². The van der Waals surface area contributed by atoms with Crippen molar-refractivity contribution in [2.24, 2.45) is 0 Å². The summed E-state index contributed by atoms with van der Waals surface area (Å²) in [5.74, 6) is 0. The second-order valence-electron chi connectivity index (χ2n) is 5.69. The number of rotatable bonds is 7. The minimum atomic E-state index is 0.686. The molecule has 1 aliphatic heterocycles. The first-order valence-corrected chi connectivity index (χ1v) is 8.80. The van der Waals surface area contributed by atoms with Gasteiger partial charge in [-0.15, -0.1) is 0 Å². The Bertz CT molecular complexity index is 439. The predicted molar refractivity (Wildman–Crippen MR) is 93.0 cm³/mol. The van der Waals surface area contributed by atoms with Gasteiger partial charge in [-0.05, 0) is 43.4 Å². The van der Waals surface area contributed by atoms with E-state index in [0.29, 0.717) is 6.04 Å². The monoisotopic (exact) mass is 354 g/mol. The standard InChI is InChI=1S/C17H27BrN2O/c1-3-16-6-4-5-10-20(16)17-12-15(18)8-7-14(17)13-19-9-11-21-2/h7-8,12,16,19H,3-6,9-11,13H2,1-2H3. The van der Waals surface area contributed by atoms with Gasteiger partial charge >= 0.3 is 0 Å². The molecule has 0 spiro atoms. The number of hydrogen-bond acceptors (Lipinski definition) is 3. The minimum absolute atomic E-state index is 0.686. The number of nitrogens with zero attached hydrogens (tertiary/aromatic N) is 1. The molecule has 2 rings (SSSR count). The summed E-state index contributed by atoms with van der Waals surface area (Å²) < 4.78 is 6.26. The minimum Gasteiger partial charge on any atom is -0.383 e. The van der Waals surface area contributed by atoms with Gasteiger partial charge in [0.2, 0.25) is 0 Å². The number of hydrogen-bond donors (Lipinski definition) is 1. The summed E-state index contributed by atoms with van der Waals surface area (Å²) in [4.78, 5) is 2.61. The molecular formula is C17H27BrN2O. The quantitative estimate of drug-likeness (QED) is 0.750. The summed E-state index contributed by atoms with van der Waals surface area (Å²) in [6, 6.07) is 7.34. The predicted octanol–water partition coefficient (Wildman–Crippen LogP) is 3.95. The Hall–Kier alpha value is -0.580. The van der Waals surface area contributed by atoms with Crippen molar-refractivity contribution >= 4 is 21.6 Å². The zero-order valence-electron chi connectivity index (χ0n) is 13.2. The number of methoxy groups -OCH3 is 1. The van der Waals surface area contributed by atoms with E-state index in [4.69, 9.17) is 4.74 Å². The highest BCUT2D eigenvalue weighted by Gasteiger charge is 2.23. The first kappa shape index (κ1) is 16.8. The fraction of sp³-hybridized carbons (Fsp3) is 0.647. The second kappa shape index (κ2) is 8.76. The first-order chi connectivity index (χ1) is 10.3. The van der Waals surface area contributed by atoms with Gasteiger partial charge in [0, 0.05) is 42.9 Å². The normalized spacial score (nSPS) is 19.0. The molecule has 0 aromatic heterocycles. The molecule has 0 aliphatic carbocycles. The fourth-order valence-electron chi connectivity index (χ4n) is 3.09. The lowest BCUT2D eigenvalue weighted by Gasteiger charge is -2.38. The molecule has 1 N–H and O–H groups in total. The molecule has 1 atom stereocenters. The van der Waals surface area contributed by atoms with Crippen LogP contribution in [0, 0.1) is 0 Å². The van der Waals surface area contributed by atoms with E-state index in [2.05, 4.69) is 51.3 Å². The van der Waals surface area contributed by atoms with Crippen LogP contribution in [0.3, 0.4) is 0 Å². The third-order valence-electron chi connectivity index (χ3n) is 4.25. The molecule has 1 fully saturated rings. The van der Waals surface area contributed by atoms with Gasteiger partial charge in [-0.1, -0.05) is 28.9 Å². The van der Waals surface area contributed by atoms with Crippen LogP contribution in [0.4, 0.5) is 5.69 Å². The van der Waals surface area contributed by atoms with Crippen LogP contribution < -0.4 is 10.2 Å². The molecule has 0 bridgehead atoms. The zero-order chi connectivity index (χ0) is 15.1. The molecule has 3 nitrogen and oxygen atoms in total. The Labute approximate surface area is 137 Å². The lowest BCUT2D eigenvalue weighted by molar-refractivity contribution is 0.199. The zero-order valence-corrected chi connectivity index (χ0v) is 14.8. The van der Waals surface area contributed by atoms with Crippen LogP contribution >= 0.6 is 15.9 Å². The maximum absolute atomic E-state index is 5.10. The molecule has 1 saturated heterocycles. The van der Waals surface area contributed by atoms with Crippen molar-refractivity contribution in [3.63, 3.8) is 0 Å². The van der Waals surface area contributed by atoms with E-state index in [1.165, 1.54) is 48.0 Å². The molecule has 1 aromatic carbocycles. The lowest BCUT2D eigenvalue weighted by Crippen LogP contribution is -2.40. The average Bonchev–Trinajstić information content (AvgIpc) is 2.52. The number of halogens is 1. The van der Waals surface area contributed by atoms with Gasteiger partial charge in [-0.3, -0.25) is 0 Å². The van der Waals surface area contributed by atoms with Gasteiger partial charge in [-0.25, -0.2) is 0 Å². The second-order valence-corrected chi connectivity index (χ2v) is 6.61. The van der Waals surface area contributed by atoms with E-state index in [9.17, 15) is 0 Å². The highest BCUT2D eigenvalue weighted by Crippen LogP contribution is 2.31. The van der Waals surface area contributed by atoms with Gasteiger partial charge in [0.1, 0.15) is 0 Å². The van der Waals surface area contributed by atoms with E-state index in [-0.39, 0.29) is 0 Å². The maximum Gasteiger partial charge on any atom is 0.0587 e. The molecule has 4 heteroatoms. The number of anilines is 1. The first-order valence-electron chi connectivity index (χ1n) is 8.01. The molecule has 1 aliphatic rings. The van der Waals surface area contributed by atoms with Gasteiger partial charge < -0.3 is 15.0 Å². The summed E-state index contributed by atoms with van der Waals surface area (Å²) in [7, 11) is 1.74. The van der Waals surface area contributed by atoms with Gasteiger partial charge in [0.05, 0.1) is 6.61 Å². The Balaban J connectivity index is 2.13. The van der Waals surface area contributed by atoms with Gasteiger partial charge in [-0.2, -0.15) is 0 Å². The van der Waals surface area contributed by atoms with Crippen molar-refractivity contribution in [3.8, 4) is 0 Å². The van der Waals surface area contributed by atoms with Crippen molar-refractivity contribution in [1.82, 2.24) is 5.32 Å². The lowest BCUT2D eigenvalue weighted by atomic mass is 9.98. The number of ether oxygens (including phenoxy) is 1. The van der Waals surface area contributed by atoms with Crippen LogP contribution in [0.2, 0.25) is 0 Å². The number of nitrogens with one attached hydrogen (secondary N) is 1. The Morgan fingerprint density at radius 2 is 2.24 bits per heavy atom. The average molecular weight is 355 g/mol. The molecular weight excluding hydrogens is 328 g/mol. The van der Waals surface area contributed by atoms with Crippen molar-refractivity contribution < 1.29 is 4.74 Å². The van der Waals surface area contributed by atoms with Crippen LogP contribution in [-0.4, -0.2) is 32.8 Å². The summed E-state index contributed by atoms with van der Waals surface area (Å²) in [6.45, 7) is 6.03. The molecule has 0 saturated carbocycles. The van der Waals surface area contributed by atoms with E-state index >= 15 is 0 Å².